The number of piperidine rings is 3. The van der Waals surface area contributed by atoms with Crippen LogP contribution in [0.5, 0.6) is 0 Å². The topological polar surface area (TPSA) is 153 Å². The molecule has 4 saturated heterocycles. The van der Waals surface area contributed by atoms with Gasteiger partial charge in [0.15, 0.2) is 5.82 Å². The number of imidazole rings is 1. The second kappa shape index (κ2) is 22.6. The quantitative estimate of drug-likeness (QED) is 0.0730. The number of nitrogens with one attached hydrogen (secondary N) is 1. The molecule has 17 nitrogen and oxygen atoms in total. The van der Waals surface area contributed by atoms with Crippen LogP contribution in [0.2, 0.25) is 0 Å². The molecule has 6 aliphatic rings. The number of halogens is 2. The fourth-order valence-electron chi connectivity index (χ4n) is 12.7. The van der Waals surface area contributed by atoms with Crippen molar-refractivity contribution in [2.45, 2.75) is 109 Å². The molecule has 0 bridgehead atoms. The average molecular weight is 1050 g/mol. The Morgan fingerprint density at radius 1 is 0.948 bits per heavy atom. The summed E-state index contributed by atoms with van der Waals surface area (Å²) in [5, 5.41) is 7.71. The number of hydrogen-bond acceptors (Lipinski definition) is 12. The van der Waals surface area contributed by atoms with E-state index in [2.05, 4.69) is 47.7 Å². The lowest BCUT2D eigenvalue weighted by Gasteiger charge is -2.39. The first-order valence-electron chi connectivity index (χ1n) is 27.5. The maximum Gasteiger partial charge on any atom is 0.264 e. The Bertz CT molecular complexity index is 3090. The van der Waals surface area contributed by atoms with E-state index in [-0.39, 0.29) is 48.5 Å². The monoisotopic (exact) mass is 1050 g/mol. The van der Waals surface area contributed by atoms with Gasteiger partial charge in [-0.2, -0.15) is 5.10 Å². The van der Waals surface area contributed by atoms with Crippen LogP contribution in [0, 0.1) is 17.8 Å². The molecule has 0 spiro atoms. The Morgan fingerprint density at radius 3 is 2.51 bits per heavy atom. The number of nitrogens with zero attached hydrogens (tertiary/aromatic N) is 10. The normalized spacial score (nSPS) is 20.0. The highest BCUT2D eigenvalue weighted by atomic mass is 19.3. The number of ether oxygens (including phenoxy) is 2. The number of benzene rings is 2. The Labute approximate surface area is 448 Å². The van der Waals surface area contributed by atoms with Crippen LogP contribution >= 0.6 is 0 Å². The van der Waals surface area contributed by atoms with Crippen molar-refractivity contribution in [1.29, 1.82) is 0 Å². The molecule has 1 unspecified atom stereocenters. The van der Waals surface area contributed by atoms with Crippen molar-refractivity contribution in [3.8, 4) is 23.0 Å². The van der Waals surface area contributed by atoms with E-state index in [0.29, 0.717) is 79.8 Å². The number of hydrogen-bond donors (Lipinski definition) is 1. The number of imide groups is 1. The molecule has 4 fully saturated rings. The number of aromatic nitrogens is 4. The summed E-state index contributed by atoms with van der Waals surface area (Å²) in [7, 11) is 3.44. The Balaban J connectivity index is 0.748. The van der Waals surface area contributed by atoms with Crippen LogP contribution < -0.4 is 24.9 Å². The van der Waals surface area contributed by atoms with Crippen molar-refractivity contribution in [2.24, 2.45) is 5.92 Å². The summed E-state index contributed by atoms with van der Waals surface area (Å²) in [6.07, 6.45) is 12.2. The van der Waals surface area contributed by atoms with Gasteiger partial charge in [-0.1, -0.05) is 17.9 Å². The highest BCUT2D eigenvalue weighted by Gasteiger charge is 2.36. The van der Waals surface area contributed by atoms with E-state index in [1.165, 1.54) is 4.90 Å². The second-order valence-corrected chi connectivity index (χ2v) is 21.6. The molecule has 6 aliphatic heterocycles. The molecule has 1 atom stereocenters. The number of likely N-dealkylation sites (N-methyl/N-ethyl adjacent to an activating group) is 1. The summed E-state index contributed by atoms with van der Waals surface area (Å²) in [4.78, 5) is 66.0. The molecular formula is C58H69F2N11O6. The first-order chi connectivity index (χ1) is 37.4. The van der Waals surface area contributed by atoms with Gasteiger partial charge in [0.25, 0.3) is 6.43 Å². The van der Waals surface area contributed by atoms with E-state index in [9.17, 15) is 19.2 Å². The predicted octanol–water partition coefficient (Wildman–Crippen LogP) is 7.06. The number of carbonyl (C=O) groups excluding carboxylic acids is 4. The van der Waals surface area contributed by atoms with Crippen molar-refractivity contribution in [2.75, 3.05) is 99.3 Å². The number of para-hydroxylation sites is 1. The molecule has 3 aromatic heterocycles. The minimum Gasteiger partial charge on any atom is -0.381 e. The van der Waals surface area contributed by atoms with Gasteiger partial charge in [-0.25, -0.2) is 13.8 Å². The van der Waals surface area contributed by atoms with Crippen molar-refractivity contribution >= 4 is 58.3 Å². The van der Waals surface area contributed by atoms with Crippen molar-refractivity contribution in [1.82, 2.24) is 34.3 Å². The van der Waals surface area contributed by atoms with Crippen LogP contribution in [0.3, 0.4) is 0 Å². The van der Waals surface area contributed by atoms with Gasteiger partial charge in [-0.15, -0.1) is 0 Å². The predicted molar refractivity (Wildman–Crippen MR) is 290 cm³/mol. The van der Waals surface area contributed by atoms with Crippen molar-refractivity contribution in [3.05, 3.63) is 82.9 Å². The fourth-order valence-corrected chi connectivity index (χ4v) is 12.7. The summed E-state index contributed by atoms with van der Waals surface area (Å²) in [6.45, 7) is 9.35. The van der Waals surface area contributed by atoms with Crippen LogP contribution in [0.25, 0.3) is 16.8 Å². The summed E-state index contributed by atoms with van der Waals surface area (Å²) in [5.41, 5.74) is 8.73. The van der Waals surface area contributed by atoms with E-state index in [4.69, 9.17) is 14.6 Å². The fraction of sp³-hybridized carbons (Fsp3) is 0.517. The van der Waals surface area contributed by atoms with Crippen molar-refractivity contribution < 1.29 is 37.4 Å². The molecule has 77 heavy (non-hydrogen) atoms. The van der Waals surface area contributed by atoms with Crippen molar-refractivity contribution in [3.63, 3.8) is 0 Å². The molecule has 2 aromatic carbocycles. The molecule has 406 valence electrons. The average Bonchev–Trinajstić information content (AvgIpc) is 4.22. The lowest BCUT2D eigenvalue weighted by Crippen LogP contribution is -2.51. The minimum atomic E-state index is -2.73. The Hall–Kier alpha value is -6.88. The van der Waals surface area contributed by atoms with Gasteiger partial charge in [-0.3, -0.25) is 29.2 Å². The largest absolute Gasteiger partial charge is 0.381 e. The SMILES string of the molecule is CC(=O)N1CCc2c(c(N3CCCc4cc(-c5cc6nccn6cc5N5CCC(CN6CCC(OCC#Cc7cccc(N(C)C8CCC(=O)NC8=O)c7N(C)C=O)CC6)CC5)c(C(F)F)cc43)nn2C2CCOCC2)C1. The zero-order chi connectivity index (χ0) is 53.3. The van der Waals surface area contributed by atoms with Crippen LogP contribution in [-0.4, -0.2) is 145 Å². The number of rotatable bonds is 13. The Kier molecular flexibility index (Phi) is 15.3. The molecule has 9 heterocycles. The van der Waals surface area contributed by atoms with Gasteiger partial charge < -0.3 is 43.3 Å². The van der Waals surface area contributed by atoms with E-state index in [1.807, 2.05) is 45.8 Å². The van der Waals surface area contributed by atoms with E-state index in [1.54, 1.807) is 38.2 Å². The highest BCUT2D eigenvalue weighted by molar-refractivity contribution is 6.02. The Morgan fingerprint density at radius 2 is 1.75 bits per heavy atom. The molecule has 5 aromatic rings. The van der Waals surface area contributed by atoms with Crippen LogP contribution in [-0.2, 0) is 48.0 Å². The lowest BCUT2D eigenvalue weighted by molar-refractivity contribution is -0.134. The van der Waals surface area contributed by atoms with Gasteiger partial charge in [-0.05, 0) is 105 Å². The first kappa shape index (κ1) is 52.2. The third kappa shape index (κ3) is 10.8. The molecule has 19 heteroatoms. The third-order valence-corrected chi connectivity index (χ3v) is 16.9. The number of anilines is 5. The van der Waals surface area contributed by atoms with Gasteiger partial charge in [0.2, 0.25) is 24.1 Å². The number of fused-ring (bicyclic) bond motifs is 3. The zero-order valence-corrected chi connectivity index (χ0v) is 44.4. The maximum atomic E-state index is 15.7. The standard InChI is InChI=1S/C58H69F2N11O6/c1-38(73)68-26-17-48-47(35-68)57(63-71(48)42-18-29-76-30-19-42)70-21-5-8-41-31-44(46(56(59)60)32-51(41)70)45-33-53-61-20-27-69(53)36-52(45)67-24-13-39(14-25-67)34-66-22-15-43(16-23-66)77-28-6-9-40-7-4-10-49(55(40)64(2)37-72)65(3)50-11-12-54(74)62-58(50)75/h4,7,10,20,27,31-33,36-37,39,42-43,50,56H,5,8,11-19,21-26,28-30,34-35H2,1-3H3,(H,62,74,75). The summed E-state index contributed by atoms with van der Waals surface area (Å²) in [6, 6.07) is 10.9. The van der Waals surface area contributed by atoms with Crippen LogP contribution in [0.15, 0.2) is 55.0 Å². The number of likely N-dealkylation sites (tertiary alicyclic amines) is 1. The second-order valence-electron chi connectivity index (χ2n) is 21.6. The smallest absolute Gasteiger partial charge is 0.264 e. The molecule has 1 N–H and O–H groups in total. The molecule has 0 saturated carbocycles. The van der Waals surface area contributed by atoms with Gasteiger partial charge in [0, 0.05) is 140 Å². The molecular weight excluding hydrogens is 985 g/mol. The highest BCUT2D eigenvalue weighted by Crippen LogP contribution is 2.46. The van der Waals surface area contributed by atoms with E-state index in [0.717, 1.165) is 130 Å². The van der Waals surface area contributed by atoms with Crippen LogP contribution in [0.4, 0.5) is 37.3 Å². The third-order valence-electron chi connectivity index (χ3n) is 16.9. The first-order valence-corrected chi connectivity index (χ1v) is 27.5. The van der Waals surface area contributed by atoms with Gasteiger partial charge in [0.05, 0.1) is 41.3 Å². The minimum absolute atomic E-state index is 0.0105. The van der Waals surface area contributed by atoms with E-state index < -0.39 is 12.5 Å². The number of amides is 4. The molecule has 0 aliphatic carbocycles. The summed E-state index contributed by atoms with van der Waals surface area (Å²) in [5.74, 6) is 7.00. The zero-order valence-electron chi connectivity index (χ0n) is 44.4. The van der Waals surface area contributed by atoms with E-state index >= 15 is 8.78 Å². The number of carbonyl (C=O) groups is 4. The number of aryl methyl sites for hydroxylation is 1. The molecule has 11 rings (SSSR count). The molecule has 4 amide bonds. The van der Waals surface area contributed by atoms with Gasteiger partial charge >= 0.3 is 0 Å². The number of pyridine rings is 1. The summed E-state index contributed by atoms with van der Waals surface area (Å²) < 4.78 is 47.6. The summed E-state index contributed by atoms with van der Waals surface area (Å²) >= 11 is 0. The van der Waals surface area contributed by atoms with Crippen LogP contribution in [0.1, 0.15) is 105 Å². The lowest BCUT2D eigenvalue weighted by atomic mass is 9.90. The maximum absolute atomic E-state index is 15.7. The van der Waals surface area contributed by atoms with Gasteiger partial charge in [0.1, 0.15) is 18.3 Å². The number of alkyl halides is 2. The molecule has 0 radical (unpaired) electrons.